The summed E-state index contributed by atoms with van der Waals surface area (Å²) in [5.74, 6) is 0. The third-order valence-electron chi connectivity index (χ3n) is 1.66. The molecule has 0 spiro atoms. The number of hydrogen-bond acceptors (Lipinski definition) is 4. The zero-order valence-corrected chi connectivity index (χ0v) is 7.29. The number of carbonyl (C=O) groups is 2. The first-order valence-electron chi connectivity index (χ1n) is 2.93. The van der Waals surface area contributed by atoms with Crippen LogP contribution in [0.15, 0.2) is 0 Å². The molecule has 0 bridgehead atoms. The van der Waals surface area contributed by atoms with E-state index in [0.717, 1.165) is 13.8 Å². The molecule has 5 heteroatoms. The smallest absolute Gasteiger partial charge is 0.154 e. The summed E-state index contributed by atoms with van der Waals surface area (Å²) in [4.78, 5) is 20.8. The molecular weight excluding hydrogens is 164 g/mol. The van der Waals surface area contributed by atoms with E-state index in [2.05, 4.69) is 10.2 Å². The Morgan fingerprint density at radius 2 is 1.82 bits per heavy atom. The fourth-order valence-corrected chi connectivity index (χ4v) is 0.598. The highest BCUT2D eigenvalue weighted by atomic mass is 28.1. The second-order valence-corrected chi connectivity index (χ2v) is 3.12. The normalized spacial score (nSPS) is 21.5. The summed E-state index contributed by atoms with van der Waals surface area (Å²) in [6, 6.07) is 0. The van der Waals surface area contributed by atoms with Crippen LogP contribution in [0.5, 0.6) is 0 Å². The molecule has 61 valence electrons. The molecule has 0 heterocycles. The minimum Gasteiger partial charge on any atom is -0.379 e. The lowest BCUT2D eigenvalue weighted by Crippen LogP contribution is -2.56. The highest BCUT2D eigenvalue weighted by Crippen LogP contribution is 2.19. The second kappa shape index (κ2) is 2.84. The van der Waals surface area contributed by atoms with Gasteiger partial charge in [-0.2, -0.15) is 0 Å². The van der Waals surface area contributed by atoms with Gasteiger partial charge in [0.05, 0.1) is 0 Å². The number of carbonyl (C=O) groups excluding carboxylic acids is 2. The molecule has 0 aromatic rings. The van der Waals surface area contributed by atoms with Crippen molar-refractivity contribution >= 4 is 21.9 Å². The Balaban J connectivity index is 4.81. The van der Waals surface area contributed by atoms with E-state index < -0.39 is 16.6 Å². The summed E-state index contributed by atoms with van der Waals surface area (Å²) >= 11 is 0. The Morgan fingerprint density at radius 1 is 1.45 bits per heavy atom. The van der Waals surface area contributed by atoms with Crippen LogP contribution in [0.4, 0.5) is 0 Å². The Bertz CT molecular complexity index is 185. The van der Waals surface area contributed by atoms with Gasteiger partial charge < -0.3 is 19.8 Å². The van der Waals surface area contributed by atoms with Gasteiger partial charge in [-0.25, -0.2) is 0 Å². The third-order valence-corrected chi connectivity index (χ3v) is 2.14. The largest absolute Gasteiger partial charge is 0.379 e. The van der Waals surface area contributed by atoms with Crippen LogP contribution in [-0.4, -0.2) is 43.4 Å². The summed E-state index contributed by atoms with van der Waals surface area (Å²) in [6.07, 6.45) is 0.116. The average molecular weight is 173 g/mol. The van der Waals surface area contributed by atoms with Crippen LogP contribution in [0.2, 0.25) is 0 Å². The van der Waals surface area contributed by atoms with E-state index in [9.17, 15) is 14.7 Å². The summed E-state index contributed by atoms with van der Waals surface area (Å²) in [6.45, 7) is 2.11. The van der Waals surface area contributed by atoms with E-state index in [4.69, 9.17) is 5.11 Å². The Labute approximate surface area is 67.6 Å². The highest BCUT2D eigenvalue weighted by molar-refractivity contribution is 6.60. The molecule has 0 aliphatic rings. The van der Waals surface area contributed by atoms with E-state index in [1.165, 1.54) is 0 Å². The predicted molar refractivity (Wildman–Crippen MR) is 38.1 cm³/mol. The van der Waals surface area contributed by atoms with Crippen molar-refractivity contribution in [1.29, 1.82) is 0 Å². The van der Waals surface area contributed by atoms with E-state index in [1.54, 1.807) is 0 Å². The first-order chi connectivity index (χ1) is 4.75. The summed E-state index contributed by atoms with van der Waals surface area (Å²) in [5.41, 5.74) is -4.16. The maximum Gasteiger partial charge on any atom is 0.154 e. The van der Waals surface area contributed by atoms with Crippen LogP contribution in [0, 0.1) is 0 Å². The molecule has 2 N–H and O–H groups in total. The number of aliphatic hydroxyl groups is 2. The van der Waals surface area contributed by atoms with E-state index in [1.807, 2.05) is 0 Å². The molecule has 2 unspecified atom stereocenters. The number of aldehydes is 1. The molecule has 11 heavy (non-hydrogen) atoms. The van der Waals surface area contributed by atoms with Gasteiger partial charge in [0.25, 0.3) is 0 Å². The SMILES string of the molecule is CC(O)(C=O)C(C)(O)C(=O)[Si]. The summed E-state index contributed by atoms with van der Waals surface area (Å²) in [7, 11) is 2.51. The Hall–Kier alpha value is -0.523. The second-order valence-electron chi connectivity index (χ2n) is 2.67. The maximum absolute atomic E-state index is 10.6. The topological polar surface area (TPSA) is 74.6 Å². The molecule has 0 saturated heterocycles. The maximum atomic E-state index is 10.6. The molecular formula is C6H9O4Si. The molecule has 0 rings (SSSR count). The first-order valence-corrected chi connectivity index (χ1v) is 3.43. The molecule has 0 aromatic heterocycles. The minimum atomic E-state index is -2.09. The van der Waals surface area contributed by atoms with Crippen LogP contribution in [0.3, 0.4) is 0 Å². The fourth-order valence-electron chi connectivity index (χ4n) is 0.345. The van der Waals surface area contributed by atoms with Crippen molar-refractivity contribution in [3.05, 3.63) is 0 Å². The van der Waals surface area contributed by atoms with Crippen LogP contribution >= 0.6 is 0 Å². The van der Waals surface area contributed by atoms with Gasteiger partial charge in [0.1, 0.15) is 21.3 Å². The van der Waals surface area contributed by atoms with Gasteiger partial charge in [-0.1, -0.05) is 0 Å². The van der Waals surface area contributed by atoms with Crippen LogP contribution in [0.25, 0.3) is 0 Å². The molecule has 2 atom stereocenters. The first kappa shape index (κ1) is 10.5. The van der Waals surface area contributed by atoms with Gasteiger partial charge in [-0.15, -0.1) is 0 Å². The standard InChI is InChI=1S/C6H9O4Si/c1-5(9,3-7)6(2,10)4(8)11/h3,9-10H,1-2H3. The van der Waals surface area contributed by atoms with Crippen molar-refractivity contribution < 1.29 is 19.8 Å². The van der Waals surface area contributed by atoms with E-state index in [-0.39, 0.29) is 6.29 Å². The van der Waals surface area contributed by atoms with Crippen LogP contribution < -0.4 is 0 Å². The van der Waals surface area contributed by atoms with Crippen molar-refractivity contribution in [3.63, 3.8) is 0 Å². The quantitative estimate of drug-likeness (QED) is 0.397. The van der Waals surface area contributed by atoms with E-state index in [0.29, 0.717) is 0 Å². The lowest BCUT2D eigenvalue weighted by Gasteiger charge is -2.31. The third kappa shape index (κ3) is 1.73. The highest BCUT2D eigenvalue weighted by Gasteiger charge is 2.45. The summed E-state index contributed by atoms with van der Waals surface area (Å²) < 4.78 is 0. The van der Waals surface area contributed by atoms with Gasteiger partial charge in [-0.05, 0) is 13.8 Å². The number of rotatable bonds is 3. The number of hydrogen-bond donors (Lipinski definition) is 2. The zero-order valence-electron chi connectivity index (χ0n) is 6.29. The lowest BCUT2D eigenvalue weighted by atomic mass is 9.88. The van der Waals surface area contributed by atoms with Gasteiger partial charge in [-0.3, -0.25) is 0 Å². The van der Waals surface area contributed by atoms with Crippen LogP contribution in [-0.2, 0) is 9.59 Å². The fraction of sp³-hybridized carbons (Fsp3) is 0.667. The molecule has 0 amide bonds. The predicted octanol–water partition coefficient (Wildman–Crippen LogP) is -1.62. The molecule has 0 aliphatic carbocycles. The van der Waals surface area contributed by atoms with Gasteiger partial charge in [0, 0.05) is 0 Å². The monoisotopic (exact) mass is 173 g/mol. The van der Waals surface area contributed by atoms with E-state index >= 15 is 0 Å². The summed E-state index contributed by atoms with van der Waals surface area (Å²) in [5, 5.41) is 17.6. The van der Waals surface area contributed by atoms with Gasteiger partial charge in [0.15, 0.2) is 11.9 Å². The molecule has 0 aliphatic heterocycles. The molecule has 0 saturated carbocycles. The Morgan fingerprint density at radius 3 is 1.91 bits per heavy atom. The molecule has 4 nitrogen and oxygen atoms in total. The van der Waals surface area contributed by atoms with Crippen molar-refractivity contribution in [1.82, 2.24) is 0 Å². The van der Waals surface area contributed by atoms with Crippen molar-refractivity contribution in [2.45, 2.75) is 25.0 Å². The van der Waals surface area contributed by atoms with Gasteiger partial charge in [0.2, 0.25) is 0 Å². The van der Waals surface area contributed by atoms with Gasteiger partial charge >= 0.3 is 0 Å². The van der Waals surface area contributed by atoms with Crippen molar-refractivity contribution in [2.75, 3.05) is 0 Å². The zero-order chi connectivity index (χ0) is 9.28. The minimum absolute atomic E-state index is 0.116. The average Bonchev–Trinajstić information content (AvgIpc) is 1.87. The molecule has 3 radical (unpaired) electrons. The molecule has 0 fully saturated rings. The van der Waals surface area contributed by atoms with Crippen LogP contribution in [0.1, 0.15) is 13.8 Å². The van der Waals surface area contributed by atoms with Crippen molar-refractivity contribution in [2.24, 2.45) is 0 Å². The Kier molecular flexibility index (Phi) is 2.71. The van der Waals surface area contributed by atoms with Crippen molar-refractivity contribution in [3.8, 4) is 0 Å². The molecule has 0 aromatic carbocycles. The lowest BCUT2D eigenvalue weighted by molar-refractivity contribution is -0.162.